The van der Waals surface area contributed by atoms with Crippen LogP contribution in [0.1, 0.15) is 32.1 Å². The maximum atomic E-state index is 8.78. The highest BCUT2D eigenvalue weighted by Gasteiger charge is 2.31. The smallest absolute Gasteiger partial charge is 0.232 e. The first-order valence-corrected chi connectivity index (χ1v) is 7.18. The molecule has 3 rings (SSSR count). The molecule has 0 spiro atoms. The predicted octanol–water partition coefficient (Wildman–Crippen LogP) is 0.936. The van der Waals surface area contributed by atoms with Crippen molar-refractivity contribution in [2.75, 3.05) is 35.2 Å². The maximum Gasteiger partial charge on any atom is 0.232 e. The molecule has 0 radical (unpaired) electrons. The molecule has 7 nitrogen and oxygen atoms in total. The van der Waals surface area contributed by atoms with E-state index in [0.717, 1.165) is 25.9 Å². The molecular weight excluding hydrogens is 254 g/mol. The van der Waals surface area contributed by atoms with E-state index < -0.39 is 0 Å². The molecule has 20 heavy (non-hydrogen) atoms. The summed E-state index contributed by atoms with van der Waals surface area (Å²) in [4.78, 5) is 17.3. The van der Waals surface area contributed by atoms with Crippen molar-refractivity contribution in [1.29, 1.82) is 5.26 Å². The van der Waals surface area contributed by atoms with Gasteiger partial charge < -0.3 is 15.5 Å². The Labute approximate surface area is 118 Å². The number of hydrogen-bond acceptors (Lipinski definition) is 7. The van der Waals surface area contributed by atoms with Crippen LogP contribution in [0.4, 0.5) is 17.8 Å². The maximum absolute atomic E-state index is 8.78. The number of rotatable bonds is 5. The fraction of sp³-hybridized carbons (Fsp3) is 0.692. The Hall–Kier alpha value is -2.10. The summed E-state index contributed by atoms with van der Waals surface area (Å²) >= 11 is 0. The molecule has 0 amide bonds. The summed E-state index contributed by atoms with van der Waals surface area (Å²) in [6.45, 7) is 2.61. The number of nitrogen functional groups attached to an aromatic ring is 1. The van der Waals surface area contributed by atoms with E-state index in [1.54, 1.807) is 0 Å². The summed E-state index contributed by atoms with van der Waals surface area (Å²) in [7, 11) is 0. The molecule has 1 saturated carbocycles. The third-order valence-electron chi connectivity index (χ3n) is 3.73. The minimum Gasteiger partial charge on any atom is -0.368 e. The van der Waals surface area contributed by atoms with Crippen LogP contribution in [0.3, 0.4) is 0 Å². The molecule has 1 aliphatic heterocycles. The summed E-state index contributed by atoms with van der Waals surface area (Å²) in [5.74, 6) is 1.56. The van der Waals surface area contributed by atoms with E-state index in [0.29, 0.717) is 30.9 Å². The largest absolute Gasteiger partial charge is 0.368 e. The molecular formula is C13H19N7. The van der Waals surface area contributed by atoms with E-state index in [1.165, 1.54) is 12.8 Å². The summed E-state index contributed by atoms with van der Waals surface area (Å²) in [6, 6.07) is 2.64. The third-order valence-corrected chi connectivity index (χ3v) is 3.73. The van der Waals surface area contributed by atoms with Crippen LogP contribution in [0.5, 0.6) is 0 Å². The van der Waals surface area contributed by atoms with Crippen LogP contribution in [0.15, 0.2) is 0 Å². The minimum absolute atomic E-state index is 0.263. The zero-order valence-electron chi connectivity index (χ0n) is 11.5. The molecule has 0 bridgehead atoms. The molecule has 2 fully saturated rings. The third kappa shape index (κ3) is 2.74. The summed E-state index contributed by atoms with van der Waals surface area (Å²) < 4.78 is 0. The van der Waals surface area contributed by atoms with Gasteiger partial charge in [0.25, 0.3) is 0 Å². The van der Waals surface area contributed by atoms with Crippen molar-refractivity contribution in [3.8, 4) is 6.07 Å². The first-order chi connectivity index (χ1) is 9.78. The lowest BCUT2D eigenvalue weighted by Crippen LogP contribution is -2.30. The molecule has 1 aliphatic carbocycles. The van der Waals surface area contributed by atoms with Gasteiger partial charge in [0.05, 0.1) is 12.5 Å². The van der Waals surface area contributed by atoms with Gasteiger partial charge in [0.15, 0.2) is 0 Å². The monoisotopic (exact) mass is 273 g/mol. The van der Waals surface area contributed by atoms with Gasteiger partial charge in [-0.05, 0) is 25.7 Å². The second-order valence-corrected chi connectivity index (χ2v) is 5.32. The predicted molar refractivity (Wildman–Crippen MR) is 76.3 cm³/mol. The van der Waals surface area contributed by atoms with Crippen LogP contribution in [0, 0.1) is 11.3 Å². The van der Waals surface area contributed by atoms with Crippen molar-refractivity contribution < 1.29 is 0 Å². The van der Waals surface area contributed by atoms with E-state index in [-0.39, 0.29) is 5.95 Å². The molecule has 1 aromatic heterocycles. The van der Waals surface area contributed by atoms with Crippen molar-refractivity contribution in [2.24, 2.45) is 0 Å². The summed E-state index contributed by atoms with van der Waals surface area (Å²) in [5, 5.41) is 8.78. The van der Waals surface area contributed by atoms with Gasteiger partial charge in [0, 0.05) is 25.7 Å². The van der Waals surface area contributed by atoms with Gasteiger partial charge in [0.2, 0.25) is 17.8 Å². The number of nitriles is 1. The van der Waals surface area contributed by atoms with Crippen LogP contribution in [-0.4, -0.2) is 40.6 Å². The Bertz CT molecular complexity index is 514. The molecule has 7 heteroatoms. The minimum atomic E-state index is 0.263. The number of anilines is 3. The topological polar surface area (TPSA) is 95.0 Å². The Morgan fingerprint density at radius 3 is 2.65 bits per heavy atom. The van der Waals surface area contributed by atoms with Gasteiger partial charge >= 0.3 is 0 Å². The fourth-order valence-corrected chi connectivity index (χ4v) is 2.56. The molecule has 2 heterocycles. The lowest BCUT2D eigenvalue weighted by molar-refractivity contribution is 0.750. The Morgan fingerprint density at radius 2 is 2.00 bits per heavy atom. The molecule has 106 valence electrons. The molecule has 1 aromatic rings. The Balaban J connectivity index is 1.85. The quantitative estimate of drug-likeness (QED) is 0.852. The van der Waals surface area contributed by atoms with E-state index in [4.69, 9.17) is 11.0 Å². The molecule has 0 aromatic carbocycles. The average Bonchev–Trinajstić information content (AvgIpc) is 3.12. The van der Waals surface area contributed by atoms with E-state index in [9.17, 15) is 0 Å². The number of hydrogen-bond donors (Lipinski definition) is 1. The lowest BCUT2D eigenvalue weighted by atomic mass is 10.4. The van der Waals surface area contributed by atoms with Crippen LogP contribution in [-0.2, 0) is 0 Å². The van der Waals surface area contributed by atoms with Gasteiger partial charge in [-0.1, -0.05) is 0 Å². The van der Waals surface area contributed by atoms with Crippen LogP contribution >= 0.6 is 0 Å². The SMILES string of the molecule is N#CCCN(c1nc(N)nc(N2CCCC2)n1)C1CC1. The molecule has 1 saturated heterocycles. The van der Waals surface area contributed by atoms with Crippen molar-refractivity contribution in [3.63, 3.8) is 0 Å². The van der Waals surface area contributed by atoms with Crippen molar-refractivity contribution in [1.82, 2.24) is 15.0 Å². The normalized spacial score (nSPS) is 18.1. The zero-order chi connectivity index (χ0) is 13.9. The van der Waals surface area contributed by atoms with Gasteiger partial charge in [-0.2, -0.15) is 20.2 Å². The van der Waals surface area contributed by atoms with Crippen molar-refractivity contribution in [3.05, 3.63) is 0 Å². The molecule has 2 N–H and O–H groups in total. The van der Waals surface area contributed by atoms with Crippen LogP contribution in [0.25, 0.3) is 0 Å². The first kappa shape index (κ1) is 12.9. The van der Waals surface area contributed by atoms with Gasteiger partial charge in [-0.25, -0.2) is 0 Å². The molecule has 2 aliphatic rings. The Morgan fingerprint density at radius 1 is 1.25 bits per heavy atom. The highest BCUT2D eigenvalue weighted by atomic mass is 15.4. The fourth-order valence-electron chi connectivity index (χ4n) is 2.56. The lowest BCUT2D eigenvalue weighted by Gasteiger charge is -2.23. The van der Waals surface area contributed by atoms with Crippen molar-refractivity contribution >= 4 is 17.8 Å². The Kier molecular flexibility index (Phi) is 3.54. The van der Waals surface area contributed by atoms with E-state index in [2.05, 4.69) is 30.8 Å². The van der Waals surface area contributed by atoms with E-state index in [1.807, 2.05) is 0 Å². The number of aromatic nitrogens is 3. The number of nitrogens with two attached hydrogens (primary N) is 1. The van der Waals surface area contributed by atoms with Crippen molar-refractivity contribution in [2.45, 2.75) is 38.1 Å². The number of nitrogens with zero attached hydrogens (tertiary/aromatic N) is 6. The van der Waals surface area contributed by atoms with E-state index >= 15 is 0 Å². The second kappa shape index (κ2) is 5.49. The second-order valence-electron chi connectivity index (χ2n) is 5.32. The van der Waals surface area contributed by atoms with Gasteiger partial charge in [-0.15, -0.1) is 0 Å². The standard InChI is InChI=1S/C13H19N7/c14-6-3-9-20(10-4-5-10)13-17-11(15)16-12(18-13)19-7-1-2-8-19/h10H,1-5,7-9H2,(H2,15,16,17,18). The molecule has 0 unspecified atom stereocenters. The molecule has 0 atom stereocenters. The average molecular weight is 273 g/mol. The summed E-state index contributed by atoms with van der Waals surface area (Å²) in [6.07, 6.45) is 5.08. The highest BCUT2D eigenvalue weighted by molar-refractivity contribution is 5.45. The van der Waals surface area contributed by atoms with Crippen LogP contribution in [0.2, 0.25) is 0 Å². The first-order valence-electron chi connectivity index (χ1n) is 7.18. The summed E-state index contributed by atoms with van der Waals surface area (Å²) in [5.41, 5.74) is 5.83. The zero-order valence-corrected chi connectivity index (χ0v) is 11.5. The van der Waals surface area contributed by atoms with Gasteiger partial charge in [0.1, 0.15) is 0 Å². The van der Waals surface area contributed by atoms with Gasteiger partial charge in [-0.3, -0.25) is 0 Å². The highest BCUT2D eigenvalue weighted by Crippen LogP contribution is 2.31. The van der Waals surface area contributed by atoms with Crippen LogP contribution < -0.4 is 15.5 Å².